The highest BCUT2D eigenvalue weighted by Gasteiger charge is 2.52. The van der Waals surface area contributed by atoms with Crippen LogP contribution in [0.2, 0.25) is 5.02 Å². The first-order valence-corrected chi connectivity index (χ1v) is 6.19. The molecule has 0 bridgehead atoms. The van der Waals surface area contributed by atoms with Crippen LogP contribution in [0.25, 0.3) is 0 Å². The minimum absolute atomic E-state index is 0.170. The van der Waals surface area contributed by atoms with Crippen molar-refractivity contribution in [2.75, 3.05) is 0 Å². The molecule has 2 nitrogen and oxygen atoms in total. The van der Waals surface area contributed by atoms with Gasteiger partial charge in [0, 0.05) is 16.0 Å². The van der Waals surface area contributed by atoms with Gasteiger partial charge in [-0.25, -0.2) is 4.39 Å². The molecule has 18 heavy (non-hydrogen) atoms. The van der Waals surface area contributed by atoms with Crippen LogP contribution in [0.4, 0.5) is 4.39 Å². The molecule has 1 radical (unpaired) electrons. The standard InChI is InChI=1S/C13H16BClFO2/c1-8-10(16)7-6-9(11(8)15)14-17-12(2,3)13(4,5)18-14/h6-7H,1H2,2-5H3. The molecule has 0 aliphatic carbocycles. The minimum atomic E-state index is -0.594. The molecule has 2 rings (SSSR count). The van der Waals surface area contributed by atoms with Gasteiger partial charge in [0.2, 0.25) is 0 Å². The quantitative estimate of drug-likeness (QED) is 0.730. The zero-order chi connectivity index (χ0) is 13.7. The lowest BCUT2D eigenvalue weighted by Crippen LogP contribution is -2.41. The van der Waals surface area contributed by atoms with E-state index in [1.54, 1.807) is 6.07 Å². The molecule has 0 atom stereocenters. The van der Waals surface area contributed by atoms with Gasteiger partial charge in [-0.2, -0.15) is 0 Å². The largest absolute Gasteiger partial charge is 0.496 e. The SMILES string of the molecule is [CH2]c1c(F)ccc(B2OC(C)(C)C(C)(C)O2)c1Cl. The summed E-state index contributed by atoms with van der Waals surface area (Å²) in [6.07, 6.45) is 0. The number of hydrogen-bond acceptors (Lipinski definition) is 2. The molecule has 1 aromatic carbocycles. The second-order valence-electron chi connectivity index (χ2n) is 5.52. The van der Waals surface area contributed by atoms with Crippen molar-refractivity contribution in [2.24, 2.45) is 0 Å². The summed E-state index contributed by atoms with van der Waals surface area (Å²) in [6, 6.07) is 2.91. The number of hydrogen-bond donors (Lipinski definition) is 0. The molecule has 97 valence electrons. The maximum absolute atomic E-state index is 13.3. The van der Waals surface area contributed by atoms with E-state index >= 15 is 0 Å². The zero-order valence-corrected chi connectivity index (χ0v) is 11.8. The van der Waals surface area contributed by atoms with E-state index < -0.39 is 24.1 Å². The highest BCUT2D eigenvalue weighted by Crippen LogP contribution is 2.37. The third kappa shape index (κ3) is 2.06. The summed E-state index contributed by atoms with van der Waals surface area (Å²) in [7, 11) is -0.594. The van der Waals surface area contributed by atoms with Gasteiger partial charge in [-0.1, -0.05) is 17.7 Å². The molecular formula is C13H16BClFO2. The zero-order valence-electron chi connectivity index (χ0n) is 11.0. The minimum Gasteiger partial charge on any atom is -0.399 e. The van der Waals surface area contributed by atoms with Crippen LogP contribution in [0.3, 0.4) is 0 Å². The van der Waals surface area contributed by atoms with Crippen molar-refractivity contribution in [2.45, 2.75) is 38.9 Å². The third-order valence-electron chi connectivity index (χ3n) is 3.72. The van der Waals surface area contributed by atoms with Crippen molar-refractivity contribution in [3.63, 3.8) is 0 Å². The molecule has 0 saturated carbocycles. The second kappa shape index (κ2) is 4.22. The molecule has 1 aliphatic rings. The Morgan fingerprint density at radius 2 is 1.67 bits per heavy atom. The number of halogens is 2. The monoisotopic (exact) mass is 269 g/mol. The normalized spacial score (nSPS) is 21.4. The van der Waals surface area contributed by atoms with Crippen LogP contribution in [0.1, 0.15) is 33.3 Å². The van der Waals surface area contributed by atoms with Crippen LogP contribution in [-0.2, 0) is 9.31 Å². The Balaban J connectivity index is 2.39. The fourth-order valence-corrected chi connectivity index (χ4v) is 2.01. The molecule has 5 heteroatoms. The van der Waals surface area contributed by atoms with Crippen LogP contribution in [0, 0.1) is 12.7 Å². The van der Waals surface area contributed by atoms with Crippen LogP contribution in [-0.4, -0.2) is 18.3 Å². The summed E-state index contributed by atoms with van der Waals surface area (Å²) < 4.78 is 25.1. The Morgan fingerprint density at radius 1 is 1.17 bits per heavy atom. The molecular weight excluding hydrogens is 253 g/mol. The van der Waals surface area contributed by atoms with E-state index in [1.165, 1.54) is 6.07 Å². The van der Waals surface area contributed by atoms with E-state index in [0.717, 1.165) is 0 Å². The fraction of sp³-hybridized carbons (Fsp3) is 0.462. The van der Waals surface area contributed by atoms with Gasteiger partial charge in [-0.05, 0) is 40.7 Å². The number of rotatable bonds is 1. The number of benzene rings is 1. The van der Waals surface area contributed by atoms with Gasteiger partial charge in [0.25, 0.3) is 0 Å². The van der Waals surface area contributed by atoms with Crippen molar-refractivity contribution in [1.29, 1.82) is 0 Å². The summed E-state index contributed by atoms with van der Waals surface area (Å²) in [4.78, 5) is 0. The lowest BCUT2D eigenvalue weighted by atomic mass is 9.78. The van der Waals surface area contributed by atoms with Crippen molar-refractivity contribution in [1.82, 2.24) is 0 Å². The Hall–Kier alpha value is -0.575. The van der Waals surface area contributed by atoms with Gasteiger partial charge >= 0.3 is 7.12 Å². The molecule has 0 amide bonds. The van der Waals surface area contributed by atoms with Crippen LogP contribution < -0.4 is 5.46 Å². The van der Waals surface area contributed by atoms with E-state index in [-0.39, 0.29) is 10.6 Å². The van der Waals surface area contributed by atoms with Gasteiger partial charge in [0.05, 0.1) is 11.2 Å². The highest BCUT2D eigenvalue weighted by atomic mass is 35.5. The predicted molar refractivity (Wildman–Crippen MR) is 71.6 cm³/mol. The summed E-state index contributed by atoms with van der Waals surface area (Å²) >= 11 is 6.10. The average molecular weight is 270 g/mol. The highest BCUT2D eigenvalue weighted by molar-refractivity contribution is 6.65. The Morgan fingerprint density at radius 3 is 2.17 bits per heavy atom. The van der Waals surface area contributed by atoms with Gasteiger partial charge in [0.15, 0.2) is 0 Å². The summed E-state index contributed by atoms with van der Waals surface area (Å²) in [5.74, 6) is -0.430. The Labute approximate surface area is 113 Å². The van der Waals surface area contributed by atoms with Gasteiger partial charge in [0.1, 0.15) is 5.82 Å². The first-order valence-electron chi connectivity index (χ1n) is 5.81. The molecule has 1 heterocycles. The van der Waals surface area contributed by atoms with Crippen molar-refractivity contribution >= 4 is 24.2 Å². The topological polar surface area (TPSA) is 18.5 Å². The third-order valence-corrected chi connectivity index (χ3v) is 4.17. The average Bonchev–Trinajstić information content (AvgIpc) is 2.45. The van der Waals surface area contributed by atoms with E-state index in [9.17, 15) is 4.39 Å². The smallest absolute Gasteiger partial charge is 0.399 e. The summed E-state index contributed by atoms with van der Waals surface area (Å²) in [5, 5.41) is 0.258. The molecule has 0 unspecified atom stereocenters. The van der Waals surface area contributed by atoms with Crippen LogP contribution >= 0.6 is 11.6 Å². The maximum Gasteiger partial charge on any atom is 0.496 e. The molecule has 0 spiro atoms. The fourth-order valence-electron chi connectivity index (χ4n) is 1.77. The van der Waals surface area contributed by atoms with Gasteiger partial charge < -0.3 is 9.31 Å². The van der Waals surface area contributed by atoms with Crippen molar-refractivity contribution < 1.29 is 13.7 Å². The molecule has 1 aliphatic heterocycles. The molecule has 1 saturated heterocycles. The lowest BCUT2D eigenvalue weighted by Gasteiger charge is -2.32. The second-order valence-corrected chi connectivity index (χ2v) is 5.90. The lowest BCUT2D eigenvalue weighted by molar-refractivity contribution is 0.00578. The van der Waals surface area contributed by atoms with Gasteiger partial charge in [-0.3, -0.25) is 0 Å². The molecule has 1 aromatic rings. The first kappa shape index (κ1) is 13.8. The Kier molecular flexibility index (Phi) is 3.25. The molecule has 0 aromatic heterocycles. The summed E-state index contributed by atoms with van der Waals surface area (Å²) in [5.41, 5.74) is -0.112. The van der Waals surface area contributed by atoms with Crippen LogP contribution in [0.5, 0.6) is 0 Å². The molecule has 0 N–H and O–H groups in total. The maximum atomic E-state index is 13.3. The summed E-state index contributed by atoms with van der Waals surface area (Å²) in [6.45, 7) is 11.4. The first-order chi connectivity index (χ1) is 8.16. The van der Waals surface area contributed by atoms with Crippen LogP contribution in [0.15, 0.2) is 12.1 Å². The predicted octanol–water partition coefficient (Wildman–Crippen LogP) is 2.96. The molecule has 1 fully saturated rings. The van der Waals surface area contributed by atoms with E-state index in [2.05, 4.69) is 6.92 Å². The van der Waals surface area contributed by atoms with Crippen molar-refractivity contribution in [3.8, 4) is 0 Å². The Bertz CT molecular complexity index is 472. The van der Waals surface area contributed by atoms with E-state index in [1.807, 2.05) is 27.7 Å². The van der Waals surface area contributed by atoms with E-state index in [4.69, 9.17) is 20.9 Å². The van der Waals surface area contributed by atoms with Gasteiger partial charge in [-0.15, -0.1) is 0 Å². The van der Waals surface area contributed by atoms with Crippen molar-refractivity contribution in [3.05, 3.63) is 35.5 Å². The van der Waals surface area contributed by atoms with E-state index in [0.29, 0.717) is 5.46 Å².